The van der Waals surface area contributed by atoms with Gasteiger partial charge in [0, 0.05) is 27.7 Å². The van der Waals surface area contributed by atoms with Crippen molar-refractivity contribution in [3.63, 3.8) is 0 Å². The normalized spacial score (nSPS) is 27.3. The second-order valence-electron chi connectivity index (χ2n) is 4.75. The van der Waals surface area contributed by atoms with Gasteiger partial charge in [-0.05, 0) is 23.8 Å². The number of benzene rings is 1. The summed E-state index contributed by atoms with van der Waals surface area (Å²) in [5.41, 5.74) is 0.587. The molecule has 1 saturated heterocycles. The van der Waals surface area contributed by atoms with E-state index in [1.54, 1.807) is 11.8 Å². The van der Waals surface area contributed by atoms with E-state index in [0.717, 1.165) is 5.75 Å². The highest BCUT2D eigenvalue weighted by Gasteiger charge is 2.30. The SMILES string of the molecule is CC1SCC(C(=O)Cc2cc(F)ccc2Cl)SC1C. The van der Waals surface area contributed by atoms with Crippen LogP contribution in [-0.2, 0) is 11.2 Å². The number of hydrogen-bond acceptors (Lipinski definition) is 3. The van der Waals surface area contributed by atoms with E-state index in [0.29, 0.717) is 21.1 Å². The van der Waals surface area contributed by atoms with Crippen LogP contribution in [0.4, 0.5) is 4.39 Å². The van der Waals surface area contributed by atoms with E-state index in [-0.39, 0.29) is 23.3 Å². The van der Waals surface area contributed by atoms with Crippen molar-refractivity contribution in [2.75, 3.05) is 5.75 Å². The molecule has 104 valence electrons. The smallest absolute Gasteiger partial charge is 0.151 e. The van der Waals surface area contributed by atoms with Gasteiger partial charge >= 0.3 is 0 Å². The first-order chi connectivity index (χ1) is 8.97. The zero-order chi connectivity index (χ0) is 14.0. The standard InChI is InChI=1S/C14H16ClFOS2/c1-8-9(2)19-14(7-18-8)13(17)6-10-5-11(16)3-4-12(10)15/h3-5,8-9,14H,6-7H2,1-2H3. The van der Waals surface area contributed by atoms with E-state index < -0.39 is 0 Å². The summed E-state index contributed by atoms with van der Waals surface area (Å²) in [4.78, 5) is 12.3. The molecule has 0 aliphatic carbocycles. The molecule has 1 aliphatic heterocycles. The molecule has 0 amide bonds. The van der Waals surface area contributed by atoms with Crippen LogP contribution in [0.2, 0.25) is 5.02 Å². The Kier molecular flexibility index (Phi) is 5.21. The number of thioether (sulfide) groups is 2. The largest absolute Gasteiger partial charge is 0.298 e. The Balaban J connectivity index is 2.03. The number of hydrogen-bond donors (Lipinski definition) is 0. The lowest BCUT2D eigenvalue weighted by Gasteiger charge is -2.30. The average Bonchev–Trinajstić information content (AvgIpc) is 2.37. The molecule has 0 N–H and O–H groups in total. The molecule has 1 aromatic carbocycles. The number of carbonyl (C=O) groups is 1. The molecule has 19 heavy (non-hydrogen) atoms. The van der Waals surface area contributed by atoms with E-state index >= 15 is 0 Å². The average molecular weight is 319 g/mol. The fourth-order valence-corrected chi connectivity index (χ4v) is 5.01. The Morgan fingerprint density at radius 2 is 2.16 bits per heavy atom. The molecular formula is C14H16ClFOS2. The van der Waals surface area contributed by atoms with Gasteiger partial charge in [0.2, 0.25) is 0 Å². The maximum atomic E-state index is 13.2. The first-order valence-electron chi connectivity index (χ1n) is 6.21. The third-order valence-electron chi connectivity index (χ3n) is 3.28. The highest BCUT2D eigenvalue weighted by Crippen LogP contribution is 2.36. The Bertz CT molecular complexity index is 481. The van der Waals surface area contributed by atoms with Gasteiger partial charge in [0.1, 0.15) is 5.82 Å². The zero-order valence-corrected chi connectivity index (χ0v) is 13.2. The minimum Gasteiger partial charge on any atom is -0.298 e. The number of Topliss-reactive ketones (excluding diaryl/α,β-unsaturated/α-hetero) is 1. The molecule has 0 radical (unpaired) electrons. The summed E-state index contributed by atoms with van der Waals surface area (Å²) in [7, 11) is 0. The first kappa shape index (κ1) is 15.2. The molecule has 1 fully saturated rings. The van der Waals surface area contributed by atoms with Crippen molar-refractivity contribution in [3.05, 3.63) is 34.6 Å². The highest BCUT2D eigenvalue weighted by molar-refractivity contribution is 8.08. The number of carbonyl (C=O) groups excluding carboxylic acids is 1. The molecule has 0 spiro atoms. The van der Waals surface area contributed by atoms with Crippen LogP contribution < -0.4 is 0 Å². The Morgan fingerprint density at radius 1 is 1.42 bits per heavy atom. The van der Waals surface area contributed by atoms with Crippen molar-refractivity contribution in [1.29, 1.82) is 0 Å². The van der Waals surface area contributed by atoms with Crippen LogP contribution in [0.5, 0.6) is 0 Å². The predicted molar refractivity (Wildman–Crippen MR) is 82.9 cm³/mol. The lowest BCUT2D eigenvalue weighted by Crippen LogP contribution is -2.32. The molecule has 0 aromatic heterocycles. The predicted octanol–water partition coefficient (Wildman–Crippen LogP) is 4.22. The van der Waals surface area contributed by atoms with Crippen LogP contribution in [0.25, 0.3) is 0 Å². The van der Waals surface area contributed by atoms with Gasteiger partial charge in [-0.3, -0.25) is 4.79 Å². The van der Waals surface area contributed by atoms with Gasteiger partial charge in [-0.1, -0.05) is 25.4 Å². The van der Waals surface area contributed by atoms with E-state index in [1.807, 2.05) is 11.8 Å². The minimum atomic E-state index is -0.347. The van der Waals surface area contributed by atoms with Crippen LogP contribution in [0, 0.1) is 5.82 Å². The molecular weight excluding hydrogens is 303 g/mol. The van der Waals surface area contributed by atoms with Gasteiger partial charge in [0.05, 0.1) is 5.25 Å². The van der Waals surface area contributed by atoms with Crippen molar-refractivity contribution in [2.24, 2.45) is 0 Å². The number of ketones is 1. The second kappa shape index (κ2) is 6.51. The minimum absolute atomic E-state index is 0.00414. The van der Waals surface area contributed by atoms with E-state index in [9.17, 15) is 9.18 Å². The van der Waals surface area contributed by atoms with Crippen molar-refractivity contribution in [1.82, 2.24) is 0 Å². The molecule has 1 aromatic rings. The van der Waals surface area contributed by atoms with Gasteiger partial charge in [-0.15, -0.1) is 11.8 Å². The number of halogens is 2. The quantitative estimate of drug-likeness (QED) is 0.830. The van der Waals surface area contributed by atoms with Gasteiger partial charge in [0.15, 0.2) is 5.78 Å². The van der Waals surface area contributed by atoms with Gasteiger partial charge in [-0.2, -0.15) is 11.8 Å². The molecule has 0 bridgehead atoms. The summed E-state index contributed by atoms with van der Waals surface area (Å²) in [5, 5.41) is 1.50. The van der Waals surface area contributed by atoms with Crippen LogP contribution >= 0.6 is 35.1 Å². The Labute approximate surface area is 126 Å². The van der Waals surface area contributed by atoms with Crippen LogP contribution in [0.15, 0.2) is 18.2 Å². The van der Waals surface area contributed by atoms with Crippen molar-refractivity contribution in [3.8, 4) is 0 Å². The van der Waals surface area contributed by atoms with Crippen molar-refractivity contribution < 1.29 is 9.18 Å². The lowest BCUT2D eigenvalue weighted by molar-refractivity contribution is -0.117. The fraction of sp³-hybridized carbons (Fsp3) is 0.500. The first-order valence-corrected chi connectivity index (χ1v) is 8.58. The van der Waals surface area contributed by atoms with E-state index in [1.165, 1.54) is 18.2 Å². The molecule has 1 heterocycles. The lowest BCUT2D eigenvalue weighted by atomic mass is 10.1. The topological polar surface area (TPSA) is 17.1 Å². The van der Waals surface area contributed by atoms with E-state index in [2.05, 4.69) is 13.8 Å². The van der Waals surface area contributed by atoms with Crippen LogP contribution in [0.1, 0.15) is 19.4 Å². The maximum Gasteiger partial charge on any atom is 0.151 e. The van der Waals surface area contributed by atoms with Crippen LogP contribution in [-0.4, -0.2) is 27.3 Å². The van der Waals surface area contributed by atoms with Crippen LogP contribution in [0.3, 0.4) is 0 Å². The maximum absolute atomic E-state index is 13.2. The molecule has 0 saturated carbocycles. The summed E-state index contributed by atoms with van der Waals surface area (Å²) in [6, 6.07) is 4.17. The summed E-state index contributed by atoms with van der Waals surface area (Å²) >= 11 is 9.56. The zero-order valence-electron chi connectivity index (χ0n) is 10.9. The monoisotopic (exact) mass is 318 g/mol. The summed E-state index contributed by atoms with van der Waals surface area (Å²) in [6.07, 6.45) is 0.218. The third-order valence-corrected chi connectivity index (χ3v) is 7.09. The highest BCUT2D eigenvalue weighted by atomic mass is 35.5. The van der Waals surface area contributed by atoms with Crippen molar-refractivity contribution >= 4 is 40.9 Å². The summed E-state index contributed by atoms with van der Waals surface area (Å²) < 4.78 is 13.2. The van der Waals surface area contributed by atoms with Gasteiger partial charge in [-0.25, -0.2) is 4.39 Å². The third kappa shape index (κ3) is 3.89. The molecule has 3 unspecified atom stereocenters. The Morgan fingerprint density at radius 3 is 2.84 bits per heavy atom. The van der Waals surface area contributed by atoms with E-state index in [4.69, 9.17) is 11.6 Å². The van der Waals surface area contributed by atoms with Gasteiger partial charge < -0.3 is 0 Å². The molecule has 1 nitrogen and oxygen atoms in total. The summed E-state index contributed by atoms with van der Waals surface area (Å²) in [6.45, 7) is 4.34. The second-order valence-corrected chi connectivity index (χ2v) is 8.15. The molecule has 2 rings (SSSR count). The molecule has 3 atom stereocenters. The fourth-order valence-electron chi connectivity index (χ4n) is 1.93. The molecule has 5 heteroatoms. The molecule has 1 aliphatic rings. The van der Waals surface area contributed by atoms with Crippen molar-refractivity contribution in [2.45, 2.75) is 36.0 Å². The Hall–Kier alpha value is -0.190. The summed E-state index contributed by atoms with van der Waals surface area (Å²) in [5.74, 6) is 0.630. The number of rotatable bonds is 3. The van der Waals surface area contributed by atoms with Gasteiger partial charge in [0.25, 0.3) is 0 Å².